The first kappa shape index (κ1) is 19.0. The minimum Gasteiger partial charge on any atom is -0.306 e. The number of hydrogen-bond donors (Lipinski definition) is 2. The van der Waals surface area contributed by atoms with Crippen LogP contribution in [0.25, 0.3) is 0 Å². The highest BCUT2D eigenvalue weighted by molar-refractivity contribution is 7.97. The van der Waals surface area contributed by atoms with Crippen molar-refractivity contribution in [2.45, 2.75) is 11.5 Å². The molecule has 0 aliphatic carbocycles. The summed E-state index contributed by atoms with van der Waals surface area (Å²) in [6.07, 6.45) is 0. The second-order valence-corrected chi connectivity index (χ2v) is 8.07. The van der Waals surface area contributed by atoms with Crippen LogP contribution >= 0.6 is 46.3 Å². The lowest BCUT2D eigenvalue weighted by molar-refractivity contribution is 0.262. The van der Waals surface area contributed by atoms with Crippen molar-refractivity contribution in [2.24, 2.45) is 0 Å². The zero-order chi connectivity index (χ0) is 18.4. The predicted molar refractivity (Wildman–Crippen MR) is 110 cm³/mol. The molecule has 2 aromatic carbocycles. The van der Waals surface area contributed by atoms with Crippen molar-refractivity contribution >= 4 is 63.2 Å². The van der Waals surface area contributed by atoms with Gasteiger partial charge in [-0.2, -0.15) is 0 Å². The van der Waals surface area contributed by atoms with Crippen molar-refractivity contribution in [2.75, 3.05) is 10.6 Å². The van der Waals surface area contributed by atoms with Gasteiger partial charge in [-0.25, -0.2) is 4.79 Å². The van der Waals surface area contributed by atoms with Crippen LogP contribution in [0.3, 0.4) is 0 Å². The molecule has 0 aliphatic heterocycles. The third kappa shape index (κ3) is 5.60. The number of nitrogens with zero attached hydrogens (tertiary/aromatic N) is 2. The summed E-state index contributed by atoms with van der Waals surface area (Å²) in [6, 6.07) is 14.6. The standard InChI is InChI=1S/C17H14Cl2N4OS2/c18-12-6-7-14(13(19)8-12)20-16(24)21-17-23-22-15(26-17)10-25-9-11-4-2-1-3-5-11/h1-8H,9-10H2,(H2,20,21,23,24). The summed E-state index contributed by atoms with van der Waals surface area (Å²) >= 11 is 15.0. The van der Waals surface area contributed by atoms with Crippen molar-refractivity contribution in [3.05, 3.63) is 69.1 Å². The number of hydrogen-bond acceptors (Lipinski definition) is 5. The molecule has 134 valence electrons. The molecule has 1 heterocycles. The Kier molecular flexibility index (Phi) is 6.73. The SMILES string of the molecule is O=C(Nc1nnc(CSCc2ccccc2)s1)Nc1ccc(Cl)cc1Cl. The molecule has 0 saturated carbocycles. The van der Waals surface area contributed by atoms with E-state index in [0.29, 0.717) is 20.9 Å². The third-order valence-electron chi connectivity index (χ3n) is 3.20. The van der Waals surface area contributed by atoms with E-state index in [4.69, 9.17) is 23.2 Å². The maximum absolute atomic E-state index is 12.0. The molecular weight excluding hydrogens is 411 g/mol. The molecule has 0 radical (unpaired) electrons. The Labute approximate surface area is 169 Å². The van der Waals surface area contributed by atoms with E-state index >= 15 is 0 Å². The normalized spacial score (nSPS) is 10.5. The van der Waals surface area contributed by atoms with Crippen molar-refractivity contribution in [1.82, 2.24) is 10.2 Å². The van der Waals surface area contributed by atoms with E-state index in [1.807, 2.05) is 18.2 Å². The average Bonchev–Trinajstić information content (AvgIpc) is 3.05. The van der Waals surface area contributed by atoms with E-state index in [0.717, 1.165) is 16.5 Å². The number of urea groups is 1. The quantitative estimate of drug-likeness (QED) is 0.514. The third-order valence-corrected chi connectivity index (χ3v) is 5.79. The molecule has 0 unspecified atom stereocenters. The van der Waals surface area contributed by atoms with Gasteiger partial charge < -0.3 is 5.32 Å². The Bertz CT molecular complexity index is 889. The van der Waals surface area contributed by atoms with Gasteiger partial charge in [-0.15, -0.1) is 22.0 Å². The molecule has 2 amide bonds. The predicted octanol–water partition coefficient (Wildman–Crippen LogP) is 5.92. The summed E-state index contributed by atoms with van der Waals surface area (Å²) in [6.45, 7) is 0. The summed E-state index contributed by atoms with van der Waals surface area (Å²) in [4.78, 5) is 12.0. The Hall–Kier alpha value is -1.80. The van der Waals surface area contributed by atoms with Crippen molar-refractivity contribution in [1.29, 1.82) is 0 Å². The molecule has 9 heteroatoms. The number of amides is 2. The van der Waals surface area contributed by atoms with Gasteiger partial charge in [0.1, 0.15) is 5.01 Å². The van der Waals surface area contributed by atoms with Crippen LogP contribution in [0, 0.1) is 0 Å². The van der Waals surface area contributed by atoms with Crippen LogP contribution in [0.5, 0.6) is 0 Å². The molecule has 26 heavy (non-hydrogen) atoms. The Morgan fingerprint density at radius 2 is 1.85 bits per heavy atom. The molecule has 2 N–H and O–H groups in total. The smallest absolute Gasteiger partial charge is 0.306 e. The lowest BCUT2D eigenvalue weighted by Crippen LogP contribution is -2.19. The van der Waals surface area contributed by atoms with E-state index in [9.17, 15) is 4.79 Å². The molecule has 3 rings (SSSR count). The van der Waals surface area contributed by atoms with Crippen molar-refractivity contribution < 1.29 is 4.79 Å². The number of benzene rings is 2. The molecule has 1 aromatic heterocycles. The van der Waals surface area contributed by atoms with E-state index in [1.165, 1.54) is 16.9 Å². The fraction of sp³-hybridized carbons (Fsp3) is 0.118. The summed E-state index contributed by atoms with van der Waals surface area (Å²) in [5, 5.41) is 15.5. The number of aromatic nitrogens is 2. The zero-order valence-electron chi connectivity index (χ0n) is 13.4. The topological polar surface area (TPSA) is 66.9 Å². The molecular formula is C17H14Cl2N4OS2. The fourth-order valence-corrected chi connectivity index (χ4v) is 4.27. The number of anilines is 2. The van der Waals surface area contributed by atoms with Crippen LogP contribution in [0.4, 0.5) is 15.6 Å². The molecule has 0 saturated heterocycles. The summed E-state index contributed by atoms with van der Waals surface area (Å²) in [5.41, 5.74) is 1.73. The van der Waals surface area contributed by atoms with Gasteiger partial charge in [0.25, 0.3) is 0 Å². The number of carbonyl (C=O) groups is 1. The molecule has 5 nitrogen and oxygen atoms in total. The molecule has 0 aliphatic rings. The van der Waals surface area contributed by atoms with Crippen LogP contribution in [-0.4, -0.2) is 16.2 Å². The van der Waals surface area contributed by atoms with Crippen LogP contribution in [-0.2, 0) is 11.5 Å². The highest BCUT2D eigenvalue weighted by Crippen LogP contribution is 2.26. The second-order valence-electron chi connectivity index (χ2n) is 5.18. The summed E-state index contributed by atoms with van der Waals surface area (Å²) in [7, 11) is 0. The first-order chi connectivity index (χ1) is 12.6. The van der Waals surface area contributed by atoms with Gasteiger partial charge in [0.05, 0.1) is 10.7 Å². The number of carbonyl (C=O) groups excluding carboxylic acids is 1. The first-order valence-electron chi connectivity index (χ1n) is 7.57. The van der Waals surface area contributed by atoms with Gasteiger partial charge >= 0.3 is 6.03 Å². The number of rotatable bonds is 6. The number of halogens is 2. The zero-order valence-corrected chi connectivity index (χ0v) is 16.6. The molecule has 3 aromatic rings. The number of thioether (sulfide) groups is 1. The maximum atomic E-state index is 12.0. The molecule has 0 spiro atoms. The molecule has 0 bridgehead atoms. The minimum absolute atomic E-state index is 0.364. The van der Waals surface area contributed by atoms with E-state index in [2.05, 4.69) is 33.0 Å². The summed E-state index contributed by atoms with van der Waals surface area (Å²) < 4.78 is 0. The largest absolute Gasteiger partial charge is 0.325 e. The minimum atomic E-state index is -0.436. The average molecular weight is 425 g/mol. The second kappa shape index (κ2) is 9.23. The van der Waals surface area contributed by atoms with Gasteiger partial charge in [0, 0.05) is 16.5 Å². The Morgan fingerprint density at radius 1 is 1.04 bits per heavy atom. The van der Waals surface area contributed by atoms with E-state index in [1.54, 1.807) is 30.0 Å². The van der Waals surface area contributed by atoms with Crippen LogP contribution in [0.1, 0.15) is 10.6 Å². The van der Waals surface area contributed by atoms with Crippen molar-refractivity contribution in [3.8, 4) is 0 Å². The van der Waals surface area contributed by atoms with Crippen LogP contribution in [0.15, 0.2) is 48.5 Å². The lowest BCUT2D eigenvalue weighted by atomic mass is 10.2. The fourth-order valence-electron chi connectivity index (χ4n) is 2.03. The van der Waals surface area contributed by atoms with Crippen molar-refractivity contribution in [3.63, 3.8) is 0 Å². The molecule has 0 fully saturated rings. The van der Waals surface area contributed by atoms with Crippen LogP contribution < -0.4 is 10.6 Å². The highest BCUT2D eigenvalue weighted by Gasteiger charge is 2.10. The molecule has 0 atom stereocenters. The van der Waals surface area contributed by atoms with Gasteiger partial charge in [-0.05, 0) is 23.8 Å². The van der Waals surface area contributed by atoms with Gasteiger partial charge in [0.15, 0.2) is 0 Å². The van der Waals surface area contributed by atoms with Gasteiger partial charge in [-0.3, -0.25) is 5.32 Å². The Balaban J connectivity index is 1.49. The first-order valence-corrected chi connectivity index (χ1v) is 10.3. The monoisotopic (exact) mass is 424 g/mol. The summed E-state index contributed by atoms with van der Waals surface area (Å²) in [5.74, 6) is 1.64. The van der Waals surface area contributed by atoms with Gasteiger partial charge in [0.2, 0.25) is 5.13 Å². The highest BCUT2D eigenvalue weighted by atomic mass is 35.5. The lowest BCUT2D eigenvalue weighted by Gasteiger charge is -2.07. The van der Waals surface area contributed by atoms with E-state index in [-0.39, 0.29) is 0 Å². The number of nitrogens with one attached hydrogen (secondary N) is 2. The van der Waals surface area contributed by atoms with Gasteiger partial charge in [-0.1, -0.05) is 64.9 Å². The van der Waals surface area contributed by atoms with Crippen LogP contribution in [0.2, 0.25) is 10.0 Å². The van der Waals surface area contributed by atoms with E-state index < -0.39 is 6.03 Å². The maximum Gasteiger partial charge on any atom is 0.325 e. The Morgan fingerprint density at radius 3 is 2.62 bits per heavy atom.